The summed E-state index contributed by atoms with van der Waals surface area (Å²) < 4.78 is 29.4. The van der Waals surface area contributed by atoms with Crippen molar-refractivity contribution >= 4 is 63.2 Å². The van der Waals surface area contributed by atoms with Crippen LogP contribution in [-0.4, -0.2) is 131 Å². The zero-order valence-corrected chi connectivity index (χ0v) is 36.2. The number of Topliss-reactive ketones (excluding diaryl/α,β-unsaturated/α-hetero) is 1. The summed E-state index contributed by atoms with van der Waals surface area (Å²) in [7, 11) is -2.75. The average Bonchev–Trinajstić information content (AvgIpc) is 3.16. The molecule has 0 saturated heterocycles. The molecule has 0 spiro atoms. The monoisotopic (exact) mass is 849 g/mol. The Morgan fingerprint density at radius 3 is 2.22 bits per heavy atom. The fraction of sp³-hybridized carbons (Fsp3) is 0.610. The number of hydrogen-bond acceptors (Lipinski definition) is 14. The molecule has 0 radical (unpaired) electrons. The number of ketones is 1. The predicted octanol–water partition coefficient (Wildman–Crippen LogP) is 4.70. The molecular formula is C41H57NO14P2+2. The van der Waals surface area contributed by atoms with E-state index in [0.717, 1.165) is 6.92 Å². The third kappa shape index (κ3) is 8.80. The van der Waals surface area contributed by atoms with Gasteiger partial charge in [-0.25, -0.2) is 19.2 Å². The summed E-state index contributed by atoms with van der Waals surface area (Å²) in [5.41, 5.74) is -7.35. The minimum Gasteiger partial charge on any atom is -0.456 e. The Morgan fingerprint density at radius 1 is 1.03 bits per heavy atom. The van der Waals surface area contributed by atoms with Crippen LogP contribution >= 0.6 is 15.1 Å². The molecule has 0 aliphatic heterocycles. The van der Waals surface area contributed by atoms with Gasteiger partial charge in [-0.3, -0.25) is 14.9 Å². The molecule has 15 nitrogen and oxygen atoms in total. The molecule has 1 aromatic rings. The van der Waals surface area contributed by atoms with Crippen molar-refractivity contribution in [3.05, 3.63) is 47.0 Å². The summed E-state index contributed by atoms with van der Waals surface area (Å²) in [6, 6.07) is 7.83. The van der Waals surface area contributed by atoms with E-state index in [1.54, 1.807) is 59.2 Å². The first kappa shape index (κ1) is 46.7. The highest BCUT2D eigenvalue weighted by molar-refractivity contribution is 7.72. The molecule has 2 bridgehead atoms. The van der Waals surface area contributed by atoms with Crippen molar-refractivity contribution in [2.24, 2.45) is 16.7 Å². The van der Waals surface area contributed by atoms with Gasteiger partial charge in [-0.2, -0.15) is 0 Å². The molecule has 3 aliphatic rings. The van der Waals surface area contributed by atoms with Crippen molar-refractivity contribution in [2.75, 3.05) is 26.5 Å². The number of nitrogens with one attached hydrogen (secondary N) is 1. The number of rotatable bonds is 13. The highest BCUT2D eigenvalue weighted by atomic mass is 31.1. The molecule has 1 aromatic carbocycles. The smallest absolute Gasteiger partial charge is 0.456 e. The molecule has 3 aliphatic carbocycles. The minimum atomic E-state index is -2.29. The highest BCUT2D eigenvalue weighted by Gasteiger charge is 2.73. The van der Waals surface area contributed by atoms with Gasteiger partial charge in [0, 0.05) is 25.2 Å². The van der Waals surface area contributed by atoms with Crippen molar-refractivity contribution < 1.29 is 67.8 Å². The molecular weight excluding hydrogens is 792 g/mol. The van der Waals surface area contributed by atoms with E-state index in [4.69, 9.17) is 23.7 Å². The Kier molecular flexibility index (Phi) is 14.6. The van der Waals surface area contributed by atoms with E-state index in [-0.39, 0.29) is 25.0 Å². The van der Waals surface area contributed by atoms with E-state index in [1.807, 2.05) is 0 Å². The van der Waals surface area contributed by atoms with Gasteiger partial charge in [0.2, 0.25) is 11.9 Å². The lowest BCUT2D eigenvalue weighted by molar-refractivity contribution is -0.265. The second kappa shape index (κ2) is 18.1. The Morgan fingerprint density at radius 2 is 1.67 bits per heavy atom. The Hall–Kier alpha value is -4.00. The van der Waals surface area contributed by atoms with Crippen LogP contribution in [0.25, 0.3) is 0 Å². The summed E-state index contributed by atoms with van der Waals surface area (Å²) in [6.45, 7) is 11.7. The van der Waals surface area contributed by atoms with Crippen molar-refractivity contribution in [2.45, 2.75) is 115 Å². The van der Waals surface area contributed by atoms with Gasteiger partial charge in [0.1, 0.15) is 49.5 Å². The highest BCUT2D eigenvalue weighted by Crippen LogP contribution is 2.62. The second-order valence-corrected chi connectivity index (χ2v) is 20.1. The molecule has 0 heterocycles. The standard InChI is InChI=1S/C41H56NO14P2/c1-11-19-52-37(50)54-29-17-18-40(22-43,56-24(3)44)31-32(55-34(47)25-15-13-12-14-16-25)41(51)21-27(23(2)26(38(41,4)5)20-28(45)39(29,31)6)53-35(48)30(46)33(57(7)8)42-36(49)58(9)10/h12-16,27,29-33,43,46,51H,7,9,11,17-22H2,1-6,8,10H3/q+1/p+1. The topological polar surface area (TPSA) is 221 Å². The second-order valence-electron chi connectivity index (χ2n) is 16.2. The maximum atomic E-state index is 15.2. The zero-order valence-electron chi connectivity index (χ0n) is 34.4. The molecule has 2 saturated carbocycles. The average molecular weight is 850 g/mol. The SMILES string of the molecule is C=[P+](C)C(=O)NC(C(O)C(=O)OC1CC2(O)C(OC(=O)c3ccccc3)C3C(CO)(OC(C)=O)CCC(OC(=O)OCCC)C3(C)C(=O)CC(=C1C)C2(C)C)[P+](=C)C. The lowest BCUT2D eigenvalue weighted by atomic mass is 9.46. The van der Waals surface area contributed by atoms with E-state index in [2.05, 4.69) is 17.9 Å². The number of aliphatic hydroxyl groups excluding tert-OH is 2. The Labute approximate surface area is 340 Å². The van der Waals surface area contributed by atoms with E-state index in [0.29, 0.717) is 17.6 Å². The third-order valence-electron chi connectivity index (χ3n) is 12.1. The van der Waals surface area contributed by atoms with E-state index in [9.17, 15) is 39.3 Å². The van der Waals surface area contributed by atoms with Crippen LogP contribution in [0, 0.1) is 16.7 Å². The molecule has 58 heavy (non-hydrogen) atoms. The van der Waals surface area contributed by atoms with Gasteiger partial charge in [0.15, 0.2) is 7.55 Å². The summed E-state index contributed by atoms with van der Waals surface area (Å²) in [5, 5.41) is 38.7. The molecule has 11 atom stereocenters. The van der Waals surface area contributed by atoms with Gasteiger partial charge in [0.05, 0.1) is 49.4 Å². The van der Waals surface area contributed by atoms with Gasteiger partial charge in [-0.15, -0.1) is 0 Å². The van der Waals surface area contributed by atoms with Crippen LogP contribution in [-0.2, 0) is 38.1 Å². The van der Waals surface area contributed by atoms with Crippen LogP contribution in [0.15, 0.2) is 41.5 Å². The predicted molar refractivity (Wildman–Crippen MR) is 218 cm³/mol. The van der Waals surface area contributed by atoms with Crippen LogP contribution in [0.3, 0.4) is 0 Å². The molecule has 2 fully saturated rings. The Bertz CT molecular complexity index is 1860. The number of amides is 1. The largest absolute Gasteiger partial charge is 0.508 e. The number of esters is 3. The fourth-order valence-electron chi connectivity index (χ4n) is 8.81. The normalized spacial score (nSPS) is 30.5. The van der Waals surface area contributed by atoms with E-state index >= 15 is 4.79 Å². The number of benzene rings is 1. The van der Waals surface area contributed by atoms with Gasteiger partial charge < -0.3 is 39.0 Å². The fourth-order valence-corrected chi connectivity index (χ4v) is 10.2. The zero-order chi connectivity index (χ0) is 43.5. The third-order valence-corrected chi connectivity index (χ3v) is 14.3. The first-order valence-electron chi connectivity index (χ1n) is 19.1. The Balaban J connectivity index is 1.99. The van der Waals surface area contributed by atoms with Crippen molar-refractivity contribution in [1.29, 1.82) is 0 Å². The van der Waals surface area contributed by atoms with E-state index < -0.39 is 128 Å². The van der Waals surface area contributed by atoms with Gasteiger partial charge in [0.25, 0.3) is 0 Å². The molecule has 0 aromatic heterocycles. The summed E-state index contributed by atoms with van der Waals surface area (Å²) >= 11 is 0. The lowest BCUT2D eigenvalue weighted by Gasteiger charge is -2.63. The van der Waals surface area contributed by atoms with Crippen molar-refractivity contribution in [3.8, 4) is 0 Å². The number of ether oxygens (including phenoxy) is 5. The first-order valence-corrected chi connectivity index (χ1v) is 23.2. The quantitative estimate of drug-likeness (QED) is 0.0915. The number of fused-ring (bicyclic) bond motifs is 3. The maximum absolute atomic E-state index is 15.2. The number of carbonyl (C=O) groups is 6. The van der Waals surface area contributed by atoms with Gasteiger partial charge in [-0.1, -0.05) is 44.5 Å². The first-order chi connectivity index (χ1) is 27.0. The van der Waals surface area contributed by atoms with Crippen LogP contribution < -0.4 is 5.32 Å². The molecule has 17 heteroatoms. The molecule has 1 amide bonds. The minimum absolute atomic E-state index is 0.0252. The van der Waals surface area contributed by atoms with Crippen LogP contribution in [0.2, 0.25) is 0 Å². The molecule has 318 valence electrons. The van der Waals surface area contributed by atoms with Crippen LogP contribution in [0.5, 0.6) is 0 Å². The van der Waals surface area contributed by atoms with Crippen LogP contribution in [0.4, 0.5) is 9.59 Å². The molecule has 11 unspecified atom stereocenters. The van der Waals surface area contributed by atoms with Crippen LogP contribution in [0.1, 0.15) is 84.0 Å². The summed E-state index contributed by atoms with van der Waals surface area (Å²) in [6.07, 6.45) is -0.391. The summed E-state index contributed by atoms with van der Waals surface area (Å²) in [4.78, 5) is 81.8. The van der Waals surface area contributed by atoms with Crippen molar-refractivity contribution in [3.63, 3.8) is 0 Å². The van der Waals surface area contributed by atoms with Gasteiger partial charge in [-0.05, 0) is 50.8 Å². The lowest BCUT2D eigenvalue weighted by Crippen LogP contribution is -2.74. The number of carbonyl (C=O) groups excluding carboxylic acids is 6. The molecule has 4 N–H and O–H groups in total. The summed E-state index contributed by atoms with van der Waals surface area (Å²) in [5.74, 6) is -6.19. The van der Waals surface area contributed by atoms with E-state index in [1.165, 1.54) is 19.1 Å². The number of aliphatic hydroxyl groups is 3. The molecule has 4 rings (SSSR count). The van der Waals surface area contributed by atoms with Crippen molar-refractivity contribution in [1.82, 2.24) is 5.32 Å². The maximum Gasteiger partial charge on any atom is 0.508 e. The number of hydrogen-bond donors (Lipinski definition) is 4. The van der Waals surface area contributed by atoms with Gasteiger partial charge >= 0.3 is 29.7 Å².